The van der Waals surface area contributed by atoms with Crippen LogP contribution in [0.25, 0.3) is 17.0 Å². The van der Waals surface area contributed by atoms with Gasteiger partial charge in [0.25, 0.3) is 0 Å². The van der Waals surface area contributed by atoms with E-state index in [1.165, 1.54) is 12.8 Å². The van der Waals surface area contributed by atoms with Crippen LogP contribution in [0, 0.1) is 0 Å². The molecule has 1 atom stereocenters. The maximum atomic E-state index is 5.02. The van der Waals surface area contributed by atoms with Crippen LogP contribution in [0.1, 0.15) is 44.2 Å². The van der Waals surface area contributed by atoms with Gasteiger partial charge in [-0.1, -0.05) is 49.9 Å². The molecule has 1 saturated heterocycles. The summed E-state index contributed by atoms with van der Waals surface area (Å²) in [4.78, 5) is 16.4. The lowest BCUT2D eigenvalue weighted by molar-refractivity contribution is 0.566. The van der Waals surface area contributed by atoms with E-state index in [2.05, 4.69) is 47.1 Å². The number of hydrogen-bond acceptors (Lipinski definition) is 6. The average molecular weight is 471 g/mol. The first-order chi connectivity index (χ1) is 16.9. The molecular weight excluding hydrogens is 432 g/mol. The van der Waals surface area contributed by atoms with Crippen molar-refractivity contribution in [1.82, 2.24) is 20.2 Å². The number of benzene rings is 1. The van der Waals surface area contributed by atoms with Crippen LogP contribution < -0.4 is 10.6 Å². The Balaban J connectivity index is 2.08. The van der Waals surface area contributed by atoms with Crippen LogP contribution in [-0.2, 0) is 0 Å². The average Bonchev–Trinajstić information content (AvgIpc) is 3.10. The van der Waals surface area contributed by atoms with E-state index in [0.717, 1.165) is 59.0 Å². The third kappa shape index (κ3) is 7.49. The molecule has 1 aromatic carbocycles. The molecule has 184 valence electrons. The number of aromatic nitrogens is 2. The summed E-state index contributed by atoms with van der Waals surface area (Å²) >= 11 is 0. The van der Waals surface area contributed by atoms with Crippen molar-refractivity contribution in [2.45, 2.75) is 39.2 Å². The summed E-state index contributed by atoms with van der Waals surface area (Å²) in [6.07, 6.45) is 13.2. The Bertz CT molecular complexity index is 1120. The Hall–Kier alpha value is -3.51. The maximum Gasteiger partial charge on any atom is 0.161 e. The molecule has 0 saturated carbocycles. The maximum absolute atomic E-state index is 5.02. The standard InChI is InChI=1S/C29H38N6/c1-7-12-27(32-21(3)4)26-19-31-28(34-29(26)33-25-15-9-10-16-30-18-25)24-14-11-13-23(17-24)22(8-2)20-35(5)6/h7-8,11-14,17,19-20,25,30H,2-3,9-10,15-16,18H2,1,4-6H3,(H,31,33,34)/b12-7-,22-20+,32-27+. The fourth-order valence-electron chi connectivity index (χ4n) is 4.07. The summed E-state index contributed by atoms with van der Waals surface area (Å²) in [5, 5.41) is 7.22. The zero-order chi connectivity index (χ0) is 25.2. The van der Waals surface area contributed by atoms with Crippen LogP contribution >= 0.6 is 0 Å². The van der Waals surface area contributed by atoms with Crippen molar-refractivity contribution < 1.29 is 0 Å². The molecule has 0 amide bonds. The molecule has 0 spiro atoms. The van der Waals surface area contributed by atoms with Gasteiger partial charge in [0, 0.05) is 50.3 Å². The van der Waals surface area contributed by atoms with Crippen molar-refractivity contribution in [3.63, 3.8) is 0 Å². The van der Waals surface area contributed by atoms with Gasteiger partial charge in [0.1, 0.15) is 5.82 Å². The molecule has 3 rings (SSSR count). The quantitative estimate of drug-likeness (QED) is 0.364. The lowest BCUT2D eigenvalue weighted by Crippen LogP contribution is -2.32. The summed E-state index contributed by atoms with van der Waals surface area (Å²) < 4.78 is 0. The third-order valence-electron chi connectivity index (χ3n) is 5.66. The highest BCUT2D eigenvalue weighted by Crippen LogP contribution is 2.26. The van der Waals surface area contributed by atoms with E-state index in [4.69, 9.17) is 9.97 Å². The molecule has 2 N–H and O–H groups in total. The normalized spacial score (nSPS) is 17.2. The monoisotopic (exact) mass is 470 g/mol. The molecule has 0 bridgehead atoms. The van der Waals surface area contributed by atoms with Gasteiger partial charge in [-0.05, 0) is 56.5 Å². The minimum atomic E-state index is 0.289. The Morgan fingerprint density at radius 1 is 1.29 bits per heavy atom. The Kier molecular flexibility index (Phi) is 9.56. The Labute approximate surface area is 210 Å². The van der Waals surface area contributed by atoms with E-state index in [-0.39, 0.29) is 6.04 Å². The van der Waals surface area contributed by atoms with Crippen LogP contribution in [0.4, 0.5) is 5.82 Å². The summed E-state index contributed by atoms with van der Waals surface area (Å²) in [7, 11) is 4.01. The topological polar surface area (TPSA) is 65.4 Å². The number of aliphatic imine (C=N–C) groups is 1. The highest BCUT2D eigenvalue weighted by Gasteiger charge is 2.18. The number of allylic oxidation sites excluding steroid dienone is 5. The van der Waals surface area contributed by atoms with Gasteiger partial charge < -0.3 is 15.5 Å². The van der Waals surface area contributed by atoms with Gasteiger partial charge >= 0.3 is 0 Å². The van der Waals surface area contributed by atoms with E-state index >= 15 is 0 Å². The molecule has 6 heteroatoms. The van der Waals surface area contributed by atoms with Crippen LogP contribution in [0.5, 0.6) is 0 Å². The summed E-state index contributed by atoms with van der Waals surface area (Å²) in [6, 6.07) is 8.55. The zero-order valence-corrected chi connectivity index (χ0v) is 21.5. The SMILES string of the molecule is C=C/C(=C\N(C)C)c1cccc(-c2ncc(C(/C=C\C)=N/C(=C)C)c(NC3CCCCNC3)n2)c1. The van der Waals surface area contributed by atoms with Crippen molar-refractivity contribution >= 4 is 17.1 Å². The fourth-order valence-corrected chi connectivity index (χ4v) is 4.07. The molecule has 1 aromatic heterocycles. The van der Waals surface area contributed by atoms with E-state index in [1.807, 2.05) is 69.4 Å². The van der Waals surface area contributed by atoms with Gasteiger partial charge in [0.2, 0.25) is 0 Å². The van der Waals surface area contributed by atoms with Gasteiger partial charge in [-0.2, -0.15) is 0 Å². The largest absolute Gasteiger partial charge is 0.383 e. The highest BCUT2D eigenvalue weighted by atomic mass is 15.1. The Morgan fingerprint density at radius 3 is 2.83 bits per heavy atom. The van der Waals surface area contributed by atoms with E-state index < -0.39 is 0 Å². The summed E-state index contributed by atoms with van der Waals surface area (Å²) in [5.41, 5.74) is 5.47. The lowest BCUT2D eigenvalue weighted by Gasteiger charge is -2.20. The molecule has 6 nitrogen and oxygen atoms in total. The summed E-state index contributed by atoms with van der Waals surface area (Å²) in [5.74, 6) is 1.46. The minimum Gasteiger partial charge on any atom is -0.383 e. The number of anilines is 1. The first-order valence-corrected chi connectivity index (χ1v) is 12.2. The van der Waals surface area contributed by atoms with Gasteiger partial charge in [-0.25, -0.2) is 9.97 Å². The highest BCUT2D eigenvalue weighted by molar-refractivity contribution is 6.12. The molecular formula is C29H38N6. The molecule has 2 heterocycles. The lowest BCUT2D eigenvalue weighted by atomic mass is 10.0. The van der Waals surface area contributed by atoms with Crippen molar-refractivity contribution in [3.05, 3.63) is 84.9 Å². The third-order valence-corrected chi connectivity index (χ3v) is 5.66. The second-order valence-electron chi connectivity index (χ2n) is 9.06. The smallest absolute Gasteiger partial charge is 0.161 e. The van der Waals surface area contributed by atoms with Gasteiger partial charge in [-0.15, -0.1) is 0 Å². The van der Waals surface area contributed by atoms with Gasteiger partial charge in [-0.3, -0.25) is 4.99 Å². The van der Waals surface area contributed by atoms with Crippen molar-refractivity contribution in [3.8, 4) is 11.4 Å². The number of hydrogen-bond donors (Lipinski definition) is 2. The van der Waals surface area contributed by atoms with Crippen molar-refractivity contribution in [2.24, 2.45) is 4.99 Å². The molecule has 0 radical (unpaired) electrons. The van der Waals surface area contributed by atoms with Gasteiger partial charge in [0.05, 0.1) is 11.3 Å². The molecule has 1 fully saturated rings. The molecule has 1 aliphatic heterocycles. The second-order valence-corrected chi connectivity index (χ2v) is 9.06. The zero-order valence-electron chi connectivity index (χ0n) is 21.5. The summed E-state index contributed by atoms with van der Waals surface area (Å²) in [6.45, 7) is 13.8. The first-order valence-electron chi connectivity index (χ1n) is 12.2. The van der Waals surface area contributed by atoms with Crippen LogP contribution in [-0.4, -0.2) is 53.8 Å². The van der Waals surface area contributed by atoms with Crippen LogP contribution in [0.15, 0.2) is 78.7 Å². The minimum absolute atomic E-state index is 0.289. The predicted molar refractivity (Wildman–Crippen MR) is 150 cm³/mol. The number of rotatable bonds is 9. The number of nitrogens with zero attached hydrogens (tertiary/aromatic N) is 4. The predicted octanol–water partition coefficient (Wildman–Crippen LogP) is 5.68. The second kappa shape index (κ2) is 12.8. The molecule has 0 aliphatic carbocycles. The van der Waals surface area contributed by atoms with Crippen molar-refractivity contribution in [1.29, 1.82) is 0 Å². The van der Waals surface area contributed by atoms with E-state index in [9.17, 15) is 0 Å². The van der Waals surface area contributed by atoms with Crippen molar-refractivity contribution in [2.75, 3.05) is 32.5 Å². The Morgan fingerprint density at radius 2 is 2.11 bits per heavy atom. The first kappa shape index (κ1) is 26.1. The van der Waals surface area contributed by atoms with Crippen LogP contribution in [0.3, 0.4) is 0 Å². The van der Waals surface area contributed by atoms with Crippen LogP contribution in [0.2, 0.25) is 0 Å². The van der Waals surface area contributed by atoms with E-state index in [0.29, 0.717) is 5.82 Å². The molecule has 2 aromatic rings. The van der Waals surface area contributed by atoms with E-state index in [1.54, 1.807) is 0 Å². The molecule has 35 heavy (non-hydrogen) atoms. The fraction of sp³-hybridized carbons (Fsp3) is 0.345. The van der Waals surface area contributed by atoms with Gasteiger partial charge in [0.15, 0.2) is 5.82 Å². The number of nitrogens with one attached hydrogen (secondary N) is 2. The molecule has 1 aliphatic rings. The molecule has 1 unspecified atom stereocenters.